The number of nitro groups is 1. The molecular weight excluding hydrogens is 363 g/mol. The van der Waals surface area contributed by atoms with E-state index in [4.69, 9.17) is 4.74 Å². The number of hydrogen-bond acceptors (Lipinski definition) is 5. The van der Waals surface area contributed by atoms with Crippen LogP contribution in [0.3, 0.4) is 0 Å². The molecule has 0 fully saturated rings. The molecule has 0 saturated heterocycles. The van der Waals surface area contributed by atoms with Crippen molar-refractivity contribution in [1.29, 1.82) is 0 Å². The van der Waals surface area contributed by atoms with Gasteiger partial charge in [0.1, 0.15) is 6.61 Å². The lowest BCUT2D eigenvalue weighted by molar-refractivity contribution is -0.386. The third-order valence-electron chi connectivity index (χ3n) is 2.16. The second kappa shape index (κ2) is 6.85. The van der Waals surface area contributed by atoms with Crippen LogP contribution in [0.5, 0.6) is 5.75 Å². The van der Waals surface area contributed by atoms with Crippen molar-refractivity contribution in [2.24, 2.45) is 0 Å². The lowest BCUT2D eigenvalue weighted by Crippen LogP contribution is -2.19. The monoisotopic (exact) mass is 371 g/mol. The van der Waals surface area contributed by atoms with Gasteiger partial charge in [0, 0.05) is 10.5 Å². The Morgan fingerprint density at radius 2 is 2.05 bits per heavy atom. The number of alkyl halides is 3. The molecule has 0 unspecified atom stereocenters. The molecule has 21 heavy (non-hydrogen) atoms. The van der Waals surface area contributed by atoms with Crippen LogP contribution in [0.1, 0.15) is 17.3 Å². The maximum absolute atomic E-state index is 11.9. The number of carbonyl (C=O) groups excluding carboxylic acids is 1. The van der Waals surface area contributed by atoms with Crippen LogP contribution in [-0.2, 0) is 4.74 Å². The quantitative estimate of drug-likeness (QED) is 0.251. The molecule has 0 N–H and O–H groups in total. The molecular formula is C11H9BrF3NO5. The van der Waals surface area contributed by atoms with Crippen LogP contribution < -0.4 is 4.74 Å². The topological polar surface area (TPSA) is 78.7 Å². The average Bonchev–Trinajstić information content (AvgIpc) is 2.33. The smallest absolute Gasteiger partial charge is 0.411 e. The zero-order valence-corrected chi connectivity index (χ0v) is 12.2. The highest BCUT2D eigenvalue weighted by Crippen LogP contribution is 2.35. The van der Waals surface area contributed by atoms with Crippen LogP contribution in [-0.4, -0.2) is 30.3 Å². The summed E-state index contributed by atoms with van der Waals surface area (Å²) in [4.78, 5) is 21.5. The zero-order chi connectivity index (χ0) is 16.2. The summed E-state index contributed by atoms with van der Waals surface area (Å²) in [7, 11) is 0. The molecule has 0 amide bonds. The fourth-order valence-corrected chi connectivity index (χ4v) is 1.83. The van der Waals surface area contributed by atoms with E-state index in [-0.39, 0.29) is 10.0 Å². The normalized spacial score (nSPS) is 11.3. The van der Waals surface area contributed by atoms with Crippen LogP contribution in [0.4, 0.5) is 18.9 Å². The van der Waals surface area contributed by atoms with Crippen molar-refractivity contribution < 1.29 is 32.4 Å². The summed E-state index contributed by atoms with van der Waals surface area (Å²) in [6.07, 6.45) is -4.54. The molecule has 0 bridgehead atoms. The van der Waals surface area contributed by atoms with Gasteiger partial charge in [0.25, 0.3) is 0 Å². The molecule has 0 aliphatic heterocycles. The Bertz CT molecular complexity index is 526. The van der Waals surface area contributed by atoms with Crippen LogP contribution in [0.25, 0.3) is 0 Å². The number of hydrogen-bond donors (Lipinski definition) is 0. The number of Topliss-reactive ketones (excluding diaryl/α,β-unsaturated/α-hetero) is 1. The highest BCUT2D eigenvalue weighted by Gasteiger charge is 2.28. The fourth-order valence-electron chi connectivity index (χ4n) is 1.39. The molecule has 1 rings (SSSR count). The van der Waals surface area contributed by atoms with E-state index in [9.17, 15) is 28.1 Å². The first-order chi connectivity index (χ1) is 9.61. The maximum atomic E-state index is 11.9. The number of nitro benzene ring substituents is 1. The van der Waals surface area contributed by atoms with E-state index in [0.29, 0.717) is 0 Å². The number of ether oxygens (including phenoxy) is 2. The van der Waals surface area contributed by atoms with Gasteiger partial charge in [-0.05, 0) is 13.0 Å². The van der Waals surface area contributed by atoms with E-state index in [2.05, 4.69) is 20.7 Å². The SMILES string of the molecule is CC(=O)c1cc(Br)cc([N+](=O)[O-])c1OCOCC(F)(F)F. The Labute approximate surface area is 125 Å². The van der Waals surface area contributed by atoms with Gasteiger partial charge in [-0.15, -0.1) is 0 Å². The predicted molar refractivity (Wildman–Crippen MR) is 68.3 cm³/mol. The van der Waals surface area contributed by atoms with Crippen molar-refractivity contribution in [1.82, 2.24) is 0 Å². The standard InChI is InChI=1S/C11H9BrF3NO5/c1-6(17)8-2-7(12)3-9(16(18)19)10(8)21-5-20-4-11(13,14)15/h2-3H,4-5H2,1H3. The third-order valence-corrected chi connectivity index (χ3v) is 2.62. The van der Waals surface area contributed by atoms with Crippen molar-refractivity contribution in [3.8, 4) is 5.75 Å². The summed E-state index contributed by atoms with van der Waals surface area (Å²) >= 11 is 3.00. The summed E-state index contributed by atoms with van der Waals surface area (Å²) < 4.78 is 45.0. The van der Waals surface area contributed by atoms with Crippen molar-refractivity contribution in [3.05, 3.63) is 32.3 Å². The molecule has 1 aromatic carbocycles. The Morgan fingerprint density at radius 1 is 1.43 bits per heavy atom. The van der Waals surface area contributed by atoms with Gasteiger partial charge in [-0.1, -0.05) is 15.9 Å². The second-order valence-electron chi connectivity index (χ2n) is 3.84. The first-order valence-electron chi connectivity index (χ1n) is 5.38. The zero-order valence-electron chi connectivity index (χ0n) is 10.6. The third kappa shape index (κ3) is 5.31. The van der Waals surface area contributed by atoms with Crippen molar-refractivity contribution in [3.63, 3.8) is 0 Å². The Kier molecular flexibility index (Phi) is 5.67. The van der Waals surface area contributed by atoms with Gasteiger partial charge >= 0.3 is 11.9 Å². The van der Waals surface area contributed by atoms with Gasteiger partial charge in [-0.2, -0.15) is 13.2 Å². The molecule has 0 spiro atoms. The van der Waals surface area contributed by atoms with Crippen LogP contribution in [0.2, 0.25) is 0 Å². The molecule has 0 heterocycles. The molecule has 0 aromatic heterocycles. The van der Waals surface area contributed by atoms with Crippen molar-refractivity contribution >= 4 is 27.4 Å². The highest BCUT2D eigenvalue weighted by atomic mass is 79.9. The lowest BCUT2D eigenvalue weighted by atomic mass is 10.1. The van der Waals surface area contributed by atoms with Crippen LogP contribution in [0, 0.1) is 10.1 Å². The summed E-state index contributed by atoms with van der Waals surface area (Å²) in [6, 6.07) is 2.35. The number of benzene rings is 1. The number of rotatable bonds is 6. The number of ketones is 1. The molecule has 6 nitrogen and oxygen atoms in total. The molecule has 0 aliphatic rings. The van der Waals surface area contributed by atoms with Gasteiger partial charge in [-0.25, -0.2) is 0 Å². The van der Waals surface area contributed by atoms with E-state index in [1.807, 2.05) is 0 Å². The molecule has 0 saturated carbocycles. The first-order valence-corrected chi connectivity index (χ1v) is 6.17. The molecule has 116 valence electrons. The second-order valence-corrected chi connectivity index (χ2v) is 4.76. The van der Waals surface area contributed by atoms with Crippen molar-refractivity contribution in [2.45, 2.75) is 13.1 Å². The summed E-state index contributed by atoms with van der Waals surface area (Å²) in [5.41, 5.74) is -0.683. The fraction of sp³-hybridized carbons (Fsp3) is 0.364. The van der Waals surface area contributed by atoms with Crippen molar-refractivity contribution in [2.75, 3.05) is 13.4 Å². The molecule has 1 aromatic rings. The van der Waals surface area contributed by atoms with E-state index >= 15 is 0 Å². The number of nitrogens with zero attached hydrogens (tertiary/aromatic N) is 1. The summed E-state index contributed by atoms with van der Waals surface area (Å²) in [5.74, 6) is -0.969. The van der Waals surface area contributed by atoms with E-state index in [1.54, 1.807) is 0 Å². The van der Waals surface area contributed by atoms with Gasteiger partial charge < -0.3 is 9.47 Å². The number of carbonyl (C=O) groups is 1. The molecule has 0 radical (unpaired) electrons. The Balaban J connectivity index is 2.98. The molecule has 0 aliphatic carbocycles. The highest BCUT2D eigenvalue weighted by molar-refractivity contribution is 9.10. The van der Waals surface area contributed by atoms with Gasteiger partial charge in [0.05, 0.1) is 10.5 Å². The lowest BCUT2D eigenvalue weighted by Gasteiger charge is -2.12. The minimum Gasteiger partial charge on any atom is -0.460 e. The van der Waals surface area contributed by atoms with Crippen LogP contribution in [0.15, 0.2) is 16.6 Å². The molecule has 10 heteroatoms. The van der Waals surface area contributed by atoms with E-state index in [1.165, 1.54) is 6.07 Å². The largest absolute Gasteiger partial charge is 0.460 e. The Hall–Kier alpha value is -1.68. The minimum atomic E-state index is -4.54. The van der Waals surface area contributed by atoms with E-state index in [0.717, 1.165) is 13.0 Å². The van der Waals surface area contributed by atoms with Crippen LogP contribution >= 0.6 is 15.9 Å². The molecule has 0 atom stereocenters. The predicted octanol–water partition coefficient (Wildman–Crippen LogP) is 3.48. The van der Waals surface area contributed by atoms with Gasteiger partial charge in [-0.3, -0.25) is 14.9 Å². The maximum Gasteiger partial charge on any atom is 0.411 e. The minimum absolute atomic E-state index is 0.133. The van der Waals surface area contributed by atoms with E-state index < -0.39 is 41.7 Å². The number of halogens is 4. The van der Waals surface area contributed by atoms with Gasteiger partial charge in [0.2, 0.25) is 5.75 Å². The van der Waals surface area contributed by atoms with Gasteiger partial charge in [0.15, 0.2) is 12.6 Å². The first kappa shape index (κ1) is 17.4. The average molecular weight is 372 g/mol. The summed E-state index contributed by atoms with van der Waals surface area (Å²) in [6.45, 7) is -1.29. The summed E-state index contributed by atoms with van der Waals surface area (Å²) in [5, 5.41) is 10.9. The Morgan fingerprint density at radius 3 is 2.52 bits per heavy atom.